The molecule has 1 heterocycles. The maximum atomic E-state index is 8.90. The normalized spacial score (nSPS) is 23.5. The Morgan fingerprint density at radius 2 is 2.00 bits per heavy atom. The van der Waals surface area contributed by atoms with Crippen molar-refractivity contribution in [3.05, 3.63) is 11.3 Å². The van der Waals surface area contributed by atoms with Crippen LogP contribution in [0.1, 0.15) is 19.3 Å². The van der Waals surface area contributed by atoms with Gasteiger partial charge in [0.15, 0.2) is 0 Å². The third-order valence-corrected chi connectivity index (χ3v) is 2.72. The van der Waals surface area contributed by atoms with E-state index in [1.165, 1.54) is 5.70 Å². The Morgan fingerprint density at radius 3 is 2.69 bits per heavy atom. The van der Waals surface area contributed by atoms with Gasteiger partial charge in [-0.15, -0.1) is 0 Å². The van der Waals surface area contributed by atoms with Crippen molar-refractivity contribution in [1.82, 2.24) is 4.90 Å². The number of allylic oxidation sites excluding steroid dienone is 2. The highest BCUT2D eigenvalue weighted by Crippen LogP contribution is 2.28. The third kappa shape index (κ3) is 1.68. The molecule has 70 valence electrons. The Hall–Kier alpha value is -1.01. The summed E-state index contributed by atoms with van der Waals surface area (Å²) in [4.78, 5) is 2.31. The summed E-state index contributed by atoms with van der Waals surface area (Å²) in [5.74, 6) is 0. The van der Waals surface area contributed by atoms with E-state index in [1.807, 2.05) is 0 Å². The fourth-order valence-electron chi connectivity index (χ4n) is 2.03. The molecule has 0 amide bonds. The number of hydrogen-bond acceptors (Lipinski definition) is 3. The van der Waals surface area contributed by atoms with Crippen molar-refractivity contribution >= 4 is 0 Å². The molecule has 0 N–H and O–H groups in total. The summed E-state index contributed by atoms with van der Waals surface area (Å²) in [5, 5.41) is 8.90. The van der Waals surface area contributed by atoms with Gasteiger partial charge in [0.05, 0.1) is 19.3 Å². The zero-order valence-electron chi connectivity index (χ0n) is 7.75. The van der Waals surface area contributed by atoms with Crippen LogP contribution in [0.3, 0.4) is 0 Å². The van der Waals surface area contributed by atoms with Gasteiger partial charge in [-0.3, -0.25) is 0 Å². The molecule has 1 aliphatic heterocycles. The lowest BCUT2D eigenvalue weighted by Crippen LogP contribution is -2.35. The predicted molar refractivity (Wildman–Crippen MR) is 48.9 cm³/mol. The molecule has 2 aliphatic rings. The molecule has 2 rings (SSSR count). The van der Waals surface area contributed by atoms with E-state index in [-0.39, 0.29) is 0 Å². The molecule has 0 aromatic heterocycles. The van der Waals surface area contributed by atoms with E-state index in [9.17, 15) is 0 Å². The fourth-order valence-corrected chi connectivity index (χ4v) is 2.03. The van der Waals surface area contributed by atoms with Crippen LogP contribution in [0.15, 0.2) is 11.3 Å². The van der Waals surface area contributed by atoms with Crippen LogP contribution in [-0.4, -0.2) is 31.2 Å². The van der Waals surface area contributed by atoms with E-state index in [1.54, 1.807) is 0 Å². The summed E-state index contributed by atoms with van der Waals surface area (Å²) in [6.07, 6.45) is 3.21. The van der Waals surface area contributed by atoms with Crippen LogP contribution in [0.4, 0.5) is 0 Å². The molecule has 0 radical (unpaired) electrons. The maximum absolute atomic E-state index is 8.90. The monoisotopic (exact) mass is 178 g/mol. The van der Waals surface area contributed by atoms with Crippen LogP contribution in [0.5, 0.6) is 0 Å². The predicted octanol–water partition coefficient (Wildman–Crippen LogP) is 1.28. The van der Waals surface area contributed by atoms with Crippen LogP contribution >= 0.6 is 0 Å². The Kier molecular flexibility index (Phi) is 2.51. The van der Waals surface area contributed by atoms with Crippen LogP contribution in [0, 0.1) is 11.3 Å². The first-order valence-corrected chi connectivity index (χ1v) is 4.86. The van der Waals surface area contributed by atoms with E-state index in [0.717, 1.165) is 51.1 Å². The van der Waals surface area contributed by atoms with Crippen LogP contribution in [0.25, 0.3) is 0 Å². The molecule has 0 atom stereocenters. The fraction of sp³-hybridized carbons (Fsp3) is 0.700. The van der Waals surface area contributed by atoms with Gasteiger partial charge < -0.3 is 9.64 Å². The van der Waals surface area contributed by atoms with Gasteiger partial charge in [0.1, 0.15) is 0 Å². The Morgan fingerprint density at radius 1 is 1.23 bits per heavy atom. The molecule has 0 saturated carbocycles. The topological polar surface area (TPSA) is 36.3 Å². The lowest BCUT2D eigenvalue weighted by Gasteiger charge is -2.30. The highest BCUT2D eigenvalue weighted by Gasteiger charge is 2.21. The van der Waals surface area contributed by atoms with Gasteiger partial charge in [-0.25, -0.2) is 0 Å². The number of ether oxygens (including phenoxy) is 1. The number of rotatable bonds is 1. The average molecular weight is 178 g/mol. The van der Waals surface area contributed by atoms with Crippen LogP contribution < -0.4 is 0 Å². The van der Waals surface area contributed by atoms with Gasteiger partial charge in [-0.05, 0) is 19.3 Å². The van der Waals surface area contributed by atoms with Crippen molar-refractivity contribution in [2.45, 2.75) is 19.3 Å². The molecule has 3 nitrogen and oxygen atoms in total. The molecular formula is C10H14N2O. The third-order valence-electron chi connectivity index (χ3n) is 2.72. The van der Waals surface area contributed by atoms with Gasteiger partial charge in [-0.2, -0.15) is 5.26 Å². The quantitative estimate of drug-likeness (QED) is 0.607. The molecule has 0 bridgehead atoms. The van der Waals surface area contributed by atoms with Gasteiger partial charge >= 0.3 is 0 Å². The standard InChI is InChI=1S/C10H14N2O/c11-8-9-2-1-3-10(9)12-4-6-13-7-5-12/h1-7H2. The zero-order chi connectivity index (χ0) is 9.10. The lowest BCUT2D eigenvalue weighted by molar-refractivity contribution is 0.0524. The van der Waals surface area contributed by atoms with E-state index in [0.29, 0.717) is 0 Å². The summed E-state index contributed by atoms with van der Waals surface area (Å²) in [7, 11) is 0. The summed E-state index contributed by atoms with van der Waals surface area (Å²) >= 11 is 0. The first-order chi connectivity index (χ1) is 6.42. The van der Waals surface area contributed by atoms with Crippen LogP contribution in [-0.2, 0) is 4.74 Å². The van der Waals surface area contributed by atoms with Crippen molar-refractivity contribution < 1.29 is 4.74 Å². The largest absolute Gasteiger partial charge is 0.378 e. The second-order valence-corrected chi connectivity index (χ2v) is 3.49. The van der Waals surface area contributed by atoms with E-state index >= 15 is 0 Å². The molecule has 1 fully saturated rings. The van der Waals surface area contributed by atoms with Crippen molar-refractivity contribution in [3.63, 3.8) is 0 Å². The molecular weight excluding hydrogens is 164 g/mol. The molecule has 1 aliphatic carbocycles. The summed E-state index contributed by atoms with van der Waals surface area (Å²) < 4.78 is 5.28. The summed E-state index contributed by atoms with van der Waals surface area (Å²) in [5.41, 5.74) is 2.28. The second kappa shape index (κ2) is 3.80. The maximum Gasteiger partial charge on any atom is 0.0965 e. The first kappa shape index (κ1) is 8.58. The Bertz CT molecular complexity index is 259. The van der Waals surface area contributed by atoms with Gasteiger partial charge in [-0.1, -0.05) is 0 Å². The molecule has 0 spiro atoms. The number of nitriles is 1. The van der Waals surface area contributed by atoms with E-state index < -0.39 is 0 Å². The summed E-state index contributed by atoms with van der Waals surface area (Å²) in [6, 6.07) is 2.31. The molecule has 1 saturated heterocycles. The SMILES string of the molecule is N#CC1=C(N2CCOCC2)CCC1. The highest BCUT2D eigenvalue weighted by atomic mass is 16.5. The van der Waals surface area contributed by atoms with Crippen LogP contribution in [0.2, 0.25) is 0 Å². The van der Waals surface area contributed by atoms with Gasteiger partial charge in [0.25, 0.3) is 0 Å². The van der Waals surface area contributed by atoms with Crippen molar-refractivity contribution in [3.8, 4) is 6.07 Å². The number of hydrogen-bond donors (Lipinski definition) is 0. The van der Waals surface area contributed by atoms with Crippen molar-refractivity contribution in [2.24, 2.45) is 0 Å². The molecule has 0 unspecified atom stereocenters. The first-order valence-electron chi connectivity index (χ1n) is 4.86. The Balaban J connectivity index is 2.10. The molecule has 13 heavy (non-hydrogen) atoms. The van der Waals surface area contributed by atoms with Gasteiger partial charge in [0.2, 0.25) is 0 Å². The lowest BCUT2D eigenvalue weighted by atomic mass is 10.2. The van der Waals surface area contributed by atoms with Crippen molar-refractivity contribution in [2.75, 3.05) is 26.3 Å². The summed E-state index contributed by atoms with van der Waals surface area (Å²) in [6.45, 7) is 3.53. The molecule has 0 aromatic rings. The van der Waals surface area contributed by atoms with Gasteiger partial charge in [0, 0.05) is 24.4 Å². The Labute approximate surface area is 78.6 Å². The second-order valence-electron chi connectivity index (χ2n) is 3.49. The molecule has 3 heteroatoms. The number of nitrogens with zero attached hydrogens (tertiary/aromatic N) is 2. The minimum atomic E-state index is 0.808. The van der Waals surface area contributed by atoms with E-state index in [4.69, 9.17) is 10.00 Å². The molecule has 0 aromatic carbocycles. The smallest absolute Gasteiger partial charge is 0.0965 e. The minimum absolute atomic E-state index is 0.808. The van der Waals surface area contributed by atoms with Crippen molar-refractivity contribution in [1.29, 1.82) is 5.26 Å². The highest BCUT2D eigenvalue weighted by molar-refractivity contribution is 5.30. The minimum Gasteiger partial charge on any atom is -0.378 e. The zero-order valence-corrected chi connectivity index (χ0v) is 7.75. The number of morpholine rings is 1. The van der Waals surface area contributed by atoms with E-state index in [2.05, 4.69) is 11.0 Å². The average Bonchev–Trinajstić information content (AvgIpc) is 2.67.